The minimum Gasteiger partial charge on any atom is -0.496 e. The Morgan fingerprint density at radius 1 is 1.22 bits per heavy atom. The van der Waals surface area contributed by atoms with Gasteiger partial charge in [-0.15, -0.1) is 0 Å². The quantitative estimate of drug-likeness (QED) is 0.841. The van der Waals surface area contributed by atoms with Gasteiger partial charge in [0, 0.05) is 24.3 Å². The third-order valence-electron chi connectivity index (χ3n) is 2.77. The summed E-state index contributed by atoms with van der Waals surface area (Å²) in [5.41, 5.74) is 1.40. The summed E-state index contributed by atoms with van der Waals surface area (Å²) >= 11 is 0. The number of ether oxygens (including phenoxy) is 3. The number of aliphatic carboxylic acids is 1. The maximum atomic E-state index is 11.1. The van der Waals surface area contributed by atoms with Crippen molar-refractivity contribution in [3.8, 4) is 11.5 Å². The highest BCUT2D eigenvalue weighted by Gasteiger charge is 2.21. The molecule has 0 bridgehead atoms. The molecule has 0 aliphatic heterocycles. The van der Waals surface area contributed by atoms with E-state index in [-0.39, 0.29) is 0 Å². The number of carbonyl (C=O) groups is 1. The van der Waals surface area contributed by atoms with Gasteiger partial charge in [0.25, 0.3) is 0 Å². The molecule has 18 heavy (non-hydrogen) atoms. The zero-order chi connectivity index (χ0) is 13.7. The molecule has 5 heteroatoms. The lowest BCUT2D eigenvalue weighted by Crippen LogP contribution is -2.10. The van der Waals surface area contributed by atoms with Crippen LogP contribution in [0.25, 0.3) is 0 Å². The SMILES string of the molecule is COCc1cc(C(C)C(=O)O)c(OC)cc1OC. The van der Waals surface area contributed by atoms with Gasteiger partial charge in [0.2, 0.25) is 0 Å². The van der Waals surface area contributed by atoms with Crippen LogP contribution in [0.1, 0.15) is 24.0 Å². The van der Waals surface area contributed by atoms with Crippen molar-refractivity contribution in [1.29, 1.82) is 0 Å². The molecule has 1 atom stereocenters. The van der Waals surface area contributed by atoms with Crippen molar-refractivity contribution in [3.05, 3.63) is 23.3 Å². The highest BCUT2D eigenvalue weighted by atomic mass is 16.5. The lowest BCUT2D eigenvalue weighted by molar-refractivity contribution is -0.138. The van der Waals surface area contributed by atoms with E-state index >= 15 is 0 Å². The Kier molecular flexibility index (Phi) is 4.97. The molecule has 0 amide bonds. The third-order valence-corrected chi connectivity index (χ3v) is 2.77. The smallest absolute Gasteiger partial charge is 0.310 e. The number of carboxylic acid groups (broad SMARTS) is 1. The van der Waals surface area contributed by atoms with Crippen LogP contribution in [0.5, 0.6) is 11.5 Å². The van der Waals surface area contributed by atoms with Gasteiger partial charge >= 0.3 is 5.97 Å². The maximum absolute atomic E-state index is 11.1. The molecule has 100 valence electrons. The van der Waals surface area contributed by atoms with Gasteiger partial charge in [0.15, 0.2) is 0 Å². The van der Waals surface area contributed by atoms with Crippen LogP contribution in [-0.4, -0.2) is 32.4 Å². The fraction of sp³-hybridized carbons (Fsp3) is 0.462. The summed E-state index contributed by atoms with van der Waals surface area (Å²) in [7, 11) is 4.63. The number of methoxy groups -OCH3 is 3. The Balaban J connectivity index is 3.31. The molecule has 0 saturated heterocycles. The van der Waals surface area contributed by atoms with Crippen molar-refractivity contribution in [3.63, 3.8) is 0 Å². The van der Waals surface area contributed by atoms with Crippen LogP contribution in [0.2, 0.25) is 0 Å². The van der Waals surface area contributed by atoms with E-state index in [1.54, 1.807) is 33.3 Å². The number of benzene rings is 1. The van der Waals surface area contributed by atoms with E-state index in [1.807, 2.05) is 0 Å². The molecule has 0 fully saturated rings. The molecule has 0 aliphatic carbocycles. The molecule has 0 radical (unpaired) electrons. The van der Waals surface area contributed by atoms with Crippen molar-refractivity contribution >= 4 is 5.97 Å². The van der Waals surface area contributed by atoms with Crippen molar-refractivity contribution in [2.24, 2.45) is 0 Å². The zero-order valence-corrected chi connectivity index (χ0v) is 11.0. The molecule has 1 unspecified atom stereocenters. The van der Waals surface area contributed by atoms with Gasteiger partial charge in [-0.05, 0) is 13.0 Å². The van der Waals surface area contributed by atoms with Gasteiger partial charge in [-0.2, -0.15) is 0 Å². The first kappa shape index (κ1) is 14.3. The van der Waals surface area contributed by atoms with Crippen LogP contribution >= 0.6 is 0 Å². The summed E-state index contributed by atoms with van der Waals surface area (Å²) < 4.78 is 15.5. The number of rotatable bonds is 6. The maximum Gasteiger partial charge on any atom is 0.310 e. The Hall–Kier alpha value is -1.75. The van der Waals surface area contributed by atoms with Gasteiger partial charge in [-0.3, -0.25) is 4.79 Å². The first-order chi connectivity index (χ1) is 8.54. The first-order valence-corrected chi connectivity index (χ1v) is 5.51. The van der Waals surface area contributed by atoms with Crippen LogP contribution in [0.15, 0.2) is 12.1 Å². The van der Waals surface area contributed by atoms with Gasteiger partial charge in [-0.25, -0.2) is 0 Å². The standard InChI is InChI=1S/C13H18O5/c1-8(13(14)15)10-5-9(7-16-2)11(17-3)6-12(10)18-4/h5-6,8H,7H2,1-4H3,(H,14,15). The van der Waals surface area contributed by atoms with Gasteiger partial charge in [0.1, 0.15) is 11.5 Å². The topological polar surface area (TPSA) is 65.0 Å². The Bertz CT molecular complexity index is 428. The molecule has 1 aromatic rings. The Labute approximate surface area is 106 Å². The monoisotopic (exact) mass is 254 g/mol. The number of carboxylic acids is 1. The molecule has 0 heterocycles. The Morgan fingerprint density at radius 3 is 2.28 bits per heavy atom. The zero-order valence-electron chi connectivity index (χ0n) is 11.0. The molecular formula is C13H18O5. The van der Waals surface area contributed by atoms with E-state index in [9.17, 15) is 4.79 Å². The van der Waals surface area contributed by atoms with E-state index in [2.05, 4.69) is 0 Å². The van der Waals surface area contributed by atoms with E-state index in [1.165, 1.54) is 7.11 Å². The average molecular weight is 254 g/mol. The highest BCUT2D eigenvalue weighted by Crippen LogP contribution is 2.34. The second-order valence-corrected chi connectivity index (χ2v) is 3.90. The lowest BCUT2D eigenvalue weighted by Gasteiger charge is -2.16. The summed E-state index contributed by atoms with van der Waals surface area (Å²) in [5, 5.41) is 9.08. The molecular weight excluding hydrogens is 236 g/mol. The van der Waals surface area contributed by atoms with Crippen LogP contribution in [0.3, 0.4) is 0 Å². The average Bonchev–Trinajstić information content (AvgIpc) is 2.37. The molecule has 0 aliphatic rings. The normalized spacial score (nSPS) is 12.0. The molecule has 0 saturated carbocycles. The summed E-state index contributed by atoms with van der Waals surface area (Å²) in [5.74, 6) is -0.431. The van der Waals surface area contributed by atoms with E-state index in [0.717, 1.165) is 5.56 Å². The first-order valence-electron chi connectivity index (χ1n) is 5.51. The van der Waals surface area contributed by atoms with Crippen LogP contribution < -0.4 is 9.47 Å². The molecule has 1 rings (SSSR count). The molecule has 5 nitrogen and oxygen atoms in total. The van der Waals surface area contributed by atoms with Crippen molar-refractivity contribution in [1.82, 2.24) is 0 Å². The summed E-state index contributed by atoms with van der Waals surface area (Å²) in [4.78, 5) is 11.1. The fourth-order valence-corrected chi connectivity index (χ4v) is 1.73. The van der Waals surface area contributed by atoms with E-state index in [0.29, 0.717) is 23.7 Å². The van der Waals surface area contributed by atoms with Crippen LogP contribution in [0.4, 0.5) is 0 Å². The fourth-order valence-electron chi connectivity index (χ4n) is 1.73. The van der Waals surface area contributed by atoms with Gasteiger partial charge in [0.05, 0.1) is 26.7 Å². The van der Waals surface area contributed by atoms with Crippen LogP contribution in [-0.2, 0) is 16.1 Å². The largest absolute Gasteiger partial charge is 0.496 e. The van der Waals surface area contributed by atoms with E-state index in [4.69, 9.17) is 19.3 Å². The summed E-state index contributed by atoms with van der Waals surface area (Å²) in [6.07, 6.45) is 0. The highest BCUT2D eigenvalue weighted by molar-refractivity contribution is 5.77. The number of hydrogen-bond donors (Lipinski definition) is 1. The lowest BCUT2D eigenvalue weighted by atomic mass is 9.97. The number of hydrogen-bond acceptors (Lipinski definition) is 4. The molecule has 0 aromatic heterocycles. The minimum atomic E-state index is -0.901. The van der Waals surface area contributed by atoms with Gasteiger partial charge in [-0.1, -0.05) is 0 Å². The molecule has 1 N–H and O–H groups in total. The van der Waals surface area contributed by atoms with Crippen molar-refractivity contribution in [2.45, 2.75) is 19.4 Å². The Morgan fingerprint density at radius 2 is 1.83 bits per heavy atom. The second kappa shape index (κ2) is 6.26. The van der Waals surface area contributed by atoms with E-state index < -0.39 is 11.9 Å². The summed E-state index contributed by atoms with van der Waals surface area (Å²) in [6, 6.07) is 3.43. The van der Waals surface area contributed by atoms with Crippen molar-refractivity contribution < 1.29 is 24.1 Å². The van der Waals surface area contributed by atoms with Gasteiger partial charge < -0.3 is 19.3 Å². The molecule has 0 spiro atoms. The second-order valence-electron chi connectivity index (χ2n) is 3.90. The summed E-state index contributed by atoms with van der Waals surface area (Å²) in [6.45, 7) is 1.97. The van der Waals surface area contributed by atoms with Crippen LogP contribution in [0, 0.1) is 0 Å². The molecule has 1 aromatic carbocycles. The minimum absolute atomic E-state index is 0.354. The predicted octanol–water partition coefficient (Wildman–Crippen LogP) is 2.04. The van der Waals surface area contributed by atoms with Crippen molar-refractivity contribution in [2.75, 3.05) is 21.3 Å². The third kappa shape index (κ3) is 2.92. The predicted molar refractivity (Wildman–Crippen MR) is 66.3 cm³/mol.